The molecule has 0 spiro atoms. The molecule has 2 aromatic carbocycles. The van der Waals surface area contributed by atoms with Crippen molar-refractivity contribution in [3.8, 4) is 5.75 Å². The van der Waals surface area contributed by atoms with Crippen molar-refractivity contribution in [3.63, 3.8) is 0 Å². The lowest BCUT2D eigenvalue weighted by atomic mass is 10.1. The Labute approximate surface area is 169 Å². The second-order valence-corrected chi connectivity index (χ2v) is 7.64. The minimum Gasteiger partial charge on any atom is -0.497 e. The van der Waals surface area contributed by atoms with Crippen LogP contribution in [0.15, 0.2) is 53.4 Å². The summed E-state index contributed by atoms with van der Waals surface area (Å²) in [6.45, 7) is 2.40. The molecule has 2 atom stereocenters. The van der Waals surface area contributed by atoms with Gasteiger partial charge in [-0.2, -0.15) is 0 Å². The molecule has 0 aromatic heterocycles. The zero-order valence-electron chi connectivity index (χ0n) is 16.1. The zero-order chi connectivity index (χ0) is 19.9. The number of benzene rings is 2. The molecule has 0 aliphatic carbocycles. The molecule has 1 heterocycles. The van der Waals surface area contributed by atoms with Crippen molar-refractivity contribution in [3.05, 3.63) is 59.7 Å². The number of Topliss-reactive ketones (excluding diaryl/α,β-unsaturated/α-hetero) is 1. The van der Waals surface area contributed by atoms with Crippen LogP contribution in [-0.2, 0) is 9.47 Å². The van der Waals surface area contributed by atoms with Gasteiger partial charge in [0.1, 0.15) is 5.75 Å². The summed E-state index contributed by atoms with van der Waals surface area (Å²) in [5.74, 6) is 0.716. The number of rotatable bonds is 8. The second-order valence-electron chi connectivity index (χ2n) is 6.58. The number of methoxy groups -OCH3 is 1. The van der Waals surface area contributed by atoms with Gasteiger partial charge in [-0.1, -0.05) is 12.1 Å². The van der Waals surface area contributed by atoms with Crippen LogP contribution in [0, 0.1) is 0 Å². The van der Waals surface area contributed by atoms with Crippen LogP contribution >= 0.6 is 11.8 Å². The molecule has 1 saturated heterocycles. The van der Waals surface area contributed by atoms with Crippen LogP contribution in [0.3, 0.4) is 0 Å². The molecule has 5 nitrogen and oxygen atoms in total. The Morgan fingerprint density at radius 1 is 1.18 bits per heavy atom. The fourth-order valence-electron chi connectivity index (χ4n) is 2.99. The first-order valence-corrected chi connectivity index (χ1v) is 10.3. The molecule has 0 N–H and O–H groups in total. The molecule has 0 amide bonds. The van der Waals surface area contributed by atoms with Crippen molar-refractivity contribution >= 4 is 23.5 Å². The summed E-state index contributed by atoms with van der Waals surface area (Å²) in [7, 11) is 1.57. The summed E-state index contributed by atoms with van der Waals surface area (Å²) in [5.41, 5.74) is 0.946. The number of ether oxygens (including phenoxy) is 3. The van der Waals surface area contributed by atoms with Crippen LogP contribution in [0.1, 0.15) is 40.5 Å². The van der Waals surface area contributed by atoms with E-state index in [1.165, 1.54) is 0 Å². The first kappa shape index (κ1) is 20.4. The van der Waals surface area contributed by atoms with Crippen molar-refractivity contribution in [2.45, 2.75) is 36.9 Å². The quantitative estimate of drug-likeness (QED) is 0.372. The van der Waals surface area contributed by atoms with Crippen LogP contribution in [0.2, 0.25) is 0 Å². The number of hydrogen-bond donors (Lipinski definition) is 0. The molecule has 1 aliphatic heterocycles. The van der Waals surface area contributed by atoms with Gasteiger partial charge in [-0.3, -0.25) is 4.79 Å². The van der Waals surface area contributed by atoms with Gasteiger partial charge in [-0.15, -0.1) is 11.8 Å². The maximum atomic E-state index is 12.7. The summed E-state index contributed by atoms with van der Waals surface area (Å²) in [6.07, 6.45) is 1.48. The third-order valence-electron chi connectivity index (χ3n) is 4.58. The van der Waals surface area contributed by atoms with Crippen LogP contribution in [-0.4, -0.2) is 43.4 Å². The molecule has 0 bridgehead atoms. The Balaban J connectivity index is 1.63. The predicted molar refractivity (Wildman–Crippen MR) is 108 cm³/mol. The molecule has 1 aliphatic rings. The van der Waals surface area contributed by atoms with E-state index in [-0.39, 0.29) is 11.9 Å². The van der Waals surface area contributed by atoms with Crippen molar-refractivity contribution in [1.82, 2.24) is 0 Å². The largest absolute Gasteiger partial charge is 0.497 e. The summed E-state index contributed by atoms with van der Waals surface area (Å²) in [4.78, 5) is 26.1. The minimum atomic E-state index is -0.878. The standard InChI is InChI=1S/C22H24O5S/c1-15(21(23)16-9-11-17(25-2)12-10-16)27-22(24)19-7-3-4-8-20(19)28-14-18-6-5-13-26-18/h3-4,7-12,15,18H,5-6,13-14H2,1-2H3/t15-,18-/m0/s1. The lowest BCUT2D eigenvalue weighted by molar-refractivity contribution is 0.0315. The second kappa shape index (κ2) is 9.75. The van der Waals surface area contributed by atoms with E-state index in [9.17, 15) is 9.59 Å². The number of thioether (sulfide) groups is 1. The minimum absolute atomic E-state index is 0.227. The summed E-state index contributed by atoms with van der Waals surface area (Å²) >= 11 is 1.58. The van der Waals surface area contributed by atoms with Gasteiger partial charge in [0, 0.05) is 22.8 Å². The average molecular weight is 400 g/mol. The highest BCUT2D eigenvalue weighted by molar-refractivity contribution is 7.99. The van der Waals surface area contributed by atoms with Crippen LogP contribution in [0.25, 0.3) is 0 Å². The van der Waals surface area contributed by atoms with E-state index >= 15 is 0 Å². The molecule has 1 fully saturated rings. The van der Waals surface area contributed by atoms with E-state index in [2.05, 4.69) is 0 Å². The number of hydrogen-bond acceptors (Lipinski definition) is 6. The lowest BCUT2D eigenvalue weighted by Gasteiger charge is -2.15. The molecule has 0 saturated carbocycles. The van der Waals surface area contributed by atoms with Gasteiger partial charge in [0.15, 0.2) is 6.10 Å². The van der Waals surface area contributed by atoms with Crippen LogP contribution in [0.4, 0.5) is 0 Å². The lowest BCUT2D eigenvalue weighted by Crippen LogP contribution is -2.24. The molecule has 28 heavy (non-hydrogen) atoms. The molecule has 0 unspecified atom stereocenters. The molecule has 3 rings (SSSR count). The van der Waals surface area contributed by atoms with E-state index in [0.717, 1.165) is 30.1 Å². The fourth-order valence-corrected chi connectivity index (χ4v) is 4.10. The first-order valence-electron chi connectivity index (χ1n) is 9.31. The van der Waals surface area contributed by atoms with Gasteiger partial charge in [0.25, 0.3) is 0 Å². The fraction of sp³-hybridized carbons (Fsp3) is 0.364. The van der Waals surface area contributed by atoms with Crippen molar-refractivity contribution < 1.29 is 23.8 Å². The Kier molecular flexibility index (Phi) is 7.12. The molecule has 2 aromatic rings. The highest BCUT2D eigenvalue weighted by atomic mass is 32.2. The molecule has 0 radical (unpaired) electrons. The summed E-state index contributed by atoms with van der Waals surface area (Å²) in [5, 5.41) is 0. The van der Waals surface area contributed by atoms with E-state index in [0.29, 0.717) is 16.9 Å². The van der Waals surface area contributed by atoms with E-state index in [1.54, 1.807) is 62.2 Å². The molecule has 148 valence electrons. The van der Waals surface area contributed by atoms with E-state index in [1.807, 2.05) is 12.1 Å². The van der Waals surface area contributed by atoms with Gasteiger partial charge in [0.2, 0.25) is 5.78 Å². The maximum Gasteiger partial charge on any atom is 0.339 e. The third-order valence-corrected chi connectivity index (χ3v) is 5.79. The first-order chi connectivity index (χ1) is 13.6. The number of carbonyl (C=O) groups is 2. The molecule has 6 heteroatoms. The molecular formula is C22H24O5S. The predicted octanol–water partition coefficient (Wildman–Crippen LogP) is 4.39. The third kappa shape index (κ3) is 5.14. The Morgan fingerprint density at radius 2 is 1.93 bits per heavy atom. The summed E-state index contributed by atoms with van der Waals surface area (Å²) < 4.78 is 16.2. The normalized spacial score (nSPS) is 17.1. The number of carbonyl (C=O) groups excluding carboxylic acids is 2. The SMILES string of the molecule is COc1ccc(C(=O)[C@H](C)OC(=O)c2ccccc2SC[C@@H]2CCCO2)cc1. The topological polar surface area (TPSA) is 61.8 Å². The Bertz CT molecular complexity index is 812. The average Bonchev–Trinajstić information content (AvgIpc) is 3.25. The van der Waals surface area contributed by atoms with Gasteiger partial charge < -0.3 is 14.2 Å². The summed E-state index contributed by atoms with van der Waals surface area (Å²) in [6, 6.07) is 14.0. The van der Waals surface area contributed by atoms with Gasteiger partial charge >= 0.3 is 5.97 Å². The maximum absolute atomic E-state index is 12.7. The molecular weight excluding hydrogens is 376 g/mol. The van der Waals surface area contributed by atoms with E-state index in [4.69, 9.17) is 14.2 Å². The van der Waals surface area contributed by atoms with Gasteiger partial charge in [-0.25, -0.2) is 4.79 Å². The Morgan fingerprint density at radius 3 is 2.61 bits per heavy atom. The number of esters is 1. The van der Waals surface area contributed by atoms with Crippen LogP contribution < -0.4 is 4.74 Å². The highest BCUT2D eigenvalue weighted by Gasteiger charge is 2.23. The monoisotopic (exact) mass is 400 g/mol. The van der Waals surface area contributed by atoms with Crippen molar-refractivity contribution in [1.29, 1.82) is 0 Å². The van der Waals surface area contributed by atoms with E-state index < -0.39 is 12.1 Å². The zero-order valence-corrected chi connectivity index (χ0v) is 16.9. The smallest absolute Gasteiger partial charge is 0.339 e. The van der Waals surface area contributed by atoms with Crippen molar-refractivity contribution in [2.75, 3.05) is 19.5 Å². The van der Waals surface area contributed by atoms with Gasteiger partial charge in [-0.05, 0) is 56.2 Å². The van der Waals surface area contributed by atoms with Gasteiger partial charge in [0.05, 0.1) is 18.8 Å². The Hall–Kier alpha value is -2.31. The highest BCUT2D eigenvalue weighted by Crippen LogP contribution is 2.27. The number of ketones is 1. The van der Waals surface area contributed by atoms with Crippen molar-refractivity contribution in [2.24, 2.45) is 0 Å². The van der Waals surface area contributed by atoms with Crippen LogP contribution in [0.5, 0.6) is 5.75 Å².